The lowest BCUT2D eigenvalue weighted by Gasteiger charge is -2.18. The van der Waals surface area contributed by atoms with E-state index in [-0.39, 0.29) is 6.04 Å². The minimum atomic E-state index is 0.188. The maximum atomic E-state index is 5.47. The van der Waals surface area contributed by atoms with E-state index in [2.05, 4.69) is 51.6 Å². The average molecular weight is 320 g/mol. The molecule has 0 radical (unpaired) electrons. The SMILES string of the molecule is CCOc1ccc(C(NC)c2cccc(Br)c2)cc1. The molecular formula is C16H18BrNO. The lowest BCUT2D eigenvalue weighted by atomic mass is 9.99. The third-order valence-electron chi connectivity index (χ3n) is 3.00. The van der Waals surface area contributed by atoms with Crippen LogP contribution in [0.2, 0.25) is 0 Å². The topological polar surface area (TPSA) is 21.3 Å². The zero-order valence-electron chi connectivity index (χ0n) is 11.2. The molecule has 0 fully saturated rings. The average Bonchev–Trinajstić information content (AvgIpc) is 2.42. The lowest BCUT2D eigenvalue weighted by Crippen LogP contribution is -2.17. The van der Waals surface area contributed by atoms with Crippen LogP contribution in [0.3, 0.4) is 0 Å². The van der Waals surface area contributed by atoms with Crippen LogP contribution in [-0.4, -0.2) is 13.7 Å². The van der Waals surface area contributed by atoms with E-state index in [0.29, 0.717) is 6.61 Å². The molecule has 1 N–H and O–H groups in total. The Labute approximate surface area is 122 Å². The van der Waals surface area contributed by atoms with E-state index in [0.717, 1.165) is 10.2 Å². The molecule has 0 heterocycles. The van der Waals surface area contributed by atoms with Crippen molar-refractivity contribution in [3.63, 3.8) is 0 Å². The molecule has 1 unspecified atom stereocenters. The second-order valence-electron chi connectivity index (χ2n) is 4.28. The summed E-state index contributed by atoms with van der Waals surface area (Å²) in [7, 11) is 1.97. The number of benzene rings is 2. The molecule has 0 aliphatic carbocycles. The van der Waals surface area contributed by atoms with Crippen molar-refractivity contribution >= 4 is 15.9 Å². The van der Waals surface area contributed by atoms with E-state index in [1.165, 1.54) is 11.1 Å². The molecule has 0 aliphatic rings. The van der Waals surface area contributed by atoms with Gasteiger partial charge in [0.1, 0.15) is 5.75 Å². The predicted molar refractivity (Wildman–Crippen MR) is 82.7 cm³/mol. The first kappa shape index (κ1) is 14.1. The molecule has 0 aliphatic heterocycles. The number of rotatable bonds is 5. The number of nitrogens with one attached hydrogen (secondary N) is 1. The van der Waals surface area contributed by atoms with E-state index in [1.807, 2.05) is 32.2 Å². The van der Waals surface area contributed by atoms with Gasteiger partial charge in [-0.05, 0) is 49.4 Å². The van der Waals surface area contributed by atoms with Crippen LogP contribution in [0.15, 0.2) is 53.0 Å². The van der Waals surface area contributed by atoms with Crippen molar-refractivity contribution in [2.75, 3.05) is 13.7 Å². The maximum absolute atomic E-state index is 5.47. The van der Waals surface area contributed by atoms with Gasteiger partial charge in [-0.25, -0.2) is 0 Å². The first-order valence-corrected chi connectivity index (χ1v) is 7.19. The molecule has 0 aromatic heterocycles. The highest BCUT2D eigenvalue weighted by Gasteiger charge is 2.12. The highest BCUT2D eigenvalue weighted by atomic mass is 79.9. The largest absolute Gasteiger partial charge is 0.494 e. The van der Waals surface area contributed by atoms with Crippen molar-refractivity contribution in [2.45, 2.75) is 13.0 Å². The monoisotopic (exact) mass is 319 g/mol. The van der Waals surface area contributed by atoms with Gasteiger partial charge in [-0.3, -0.25) is 0 Å². The summed E-state index contributed by atoms with van der Waals surface area (Å²) in [5.74, 6) is 0.912. The Morgan fingerprint density at radius 1 is 1.11 bits per heavy atom. The minimum Gasteiger partial charge on any atom is -0.494 e. The van der Waals surface area contributed by atoms with Gasteiger partial charge >= 0.3 is 0 Å². The van der Waals surface area contributed by atoms with Crippen LogP contribution in [0.1, 0.15) is 24.1 Å². The van der Waals surface area contributed by atoms with Crippen molar-refractivity contribution in [2.24, 2.45) is 0 Å². The van der Waals surface area contributed by atoms with Crippen molar-refractivity contribution in [3.05, 3.63) is 64.1 Å². The summed E-state index contributed by atoms with van der Waals surface area (Å²) < 4.78 is 6.56. The van der Waals surface area contributed by atoms with Crippen LogP contribution in [-0.2, 0) is 0 Å². The van der Waals surface area contributed by atoms with Crippen molar-refractivity contribution in [3.8, 4) is 5.75 Å². The normalized spacial score (nSPS) is 12.2. The van der Waals surface area contributed by atoms with Crippen LogP contribution in [0.25, 0.3) is 0 Å². The number of ether oxygens (including phenoxy) is 1. The fourth-order valence-electron chi connectivity index (χ4n) is 2.14. The molecule has 3 heteroatoms. The number of hydrogen-bond acceptors (Lipinski definition) is 2. The smallest absolute Gasteiger partial charge is 0.119 e. The molecule has 0 saturated heterocycles. The highest BCUT2D eigenvalue weighted by Crippen LogP contribution is 2.25. The molecule has 19 heavy (non-hydrogen) atoms. The van der Waals surface area contributed by atoms with E-state index in [4.69, 9.17) is 4.74 Å². The molecule has 2 nitrogen and oxygen atoms in total. The molecule has 2 rings (SSSR count). The quantitative estimate of drug-likeness (QED) is 0.893. The maximum Gasteiger partial charge on any atom is 0.119 e. The Balaban J connectivity index is 2.26. The summed E-state index contributed by atoms with van der Waals surface area (Å²) in [6.45, 7) is 2.69. The summed E-state index contributed by atoms with van der Waals surface area (Å²) in [6, 6.07) is 16.8. The molecule has 2 aromatic rings. The number of hydrogen-bond donors (Lipinski definition) is 1. The Morgan fingerprint density at radius 2 is 1.84 bits per heavy atom. The molecular weight excluding hydrogens is 302 g/mol. The van der Waals surface area contributed by atoms with E-state index in [1.54, 1.807) is 0 Å². The molecule has 1 atom stereocenters. The third kappa shape index (κ3) is 3.58. The Morgan fingerprint density at radius 3 is 2.42 bits per heavy atom. The minimum absolute atomic E-state index is 0.188. The molecule has 0 bridgehead atoms. The number of halogens is 1. The molecule has 100 valence electrons. The molecule has 0 spiro atoms. The van der Waals surface area contributed by atoms with Crippen LogP contribution < -0.4 is 10.1 Å². The fourth-order valence-corrected chi connectivity index (χ4v) is 2.55. The van der Waals surface area contributed by atoms with E-state index < -0.39 is 0 Å². The Kier molecular flexibility index (Phi) is 5.00. The van der Waals surface area contributed by atoms with Gasteiger partial charge in [-0.2, -0.15) is 0 Å². The van der Waals surface area contributed by atoms with Gasteiger partial charge in [0, 0.05) is 4.47 Å². The second kappa shape index (κ2) is 6.73. The van der Waals surface area contributed by atoms with Gasteiger partial charge in [0.05, 0.1) is 12.6 Å². The Hall–Kier alpha value is -1.32. The molecule has 0 amide bonds. The zero-order chi connectivity index (χ0) is 13.7. The van der Waals surface area contributed by atoms with Crippen LogP contribution in [0.5, 0.6) is 5.75 Å². The summed E-state index contributed by atoms with van der Waals surface area (Å²) in [6.07, 6.45) is 0. The predicted octanol–water partition coefficient (Wildman–Crippen LogP) is 4.16. The van der Waals surface area contributed by atoms with Crippen molar-refractivity contribution in [1.29, 1.82) is 0 Å². The van der Waals surface area contributed by atoms with Crippen LogP contribution >= 0.6 is 15.9 Å². The summed E-state index contributed by atoms with van der Waals surface area (Å²) in [4.78, 5) is 0. The van der Waals surface area contributed by atoms with Gasteiger partial charge in [-0.15, -0.1) is 0 Å². The lowest BCUT2D eigenvalue weighted by molar-refractivity contribution is 0.340. The fraction of sp³-hybridized carbons (Fsp3) is 0.250. The van der Waals surface area contributed by atoms with Crippen molar-refractivity contribution in [1.82, 2.24) is 5.32 Å². The van der Waals surface area contributed by atoms with Gasteiger partial charge in [0.15, 0.2) is 0 Å². The van der Waals surface area contributed by atoms with Gasteiger partial charge < -0.3 is 10.1 Å². The zero-order valence-corrected chi connectivity index (χ0v) is 12.8. The first-order chi connectivity index (χ1) is 9.24. The Bertz CT molecular complexity index is 525. The van der Waals surface area contributed by atoms with Gasteiger partial charge in [0.25, 0.3) is 0 Å². The first-order valence-electron chi connectivity index (χ1n) is 6.40. The van der Waals surface area contributed by atoms with E-state index >= 15 is 0 Å². The molecule has 2 aromatic carbocycles. The van der Waals surface area contributed by atoms with Crippen LogP contribution in [0.4, 0.5) is 0 Å². The summed E-state index contributed by atoms with van der Waals surface area (Å²) in [5, 5.41) is 3.35. The van der Waals surface area contributed by atoms with Crippen molar-refractivity contribution < 1.29 is 4.74 Å². The van der Waals surface area contributed by atoms with Gasteiger partial charge in [-0.1, -0.05) is 40.2 Å². The standard InChI is InChI=1S/C16H18BrNO/c1-3-19-15-9-7-12(8-10-15)16(18-2)13-5-4-6-14(17)11-13/h4-11,16,18H,3H2,1-2H3. The highest BCUT2D eigenvalue weighted by molar-refractivity contribution is 9.10. The van der Waals surface area contributed by atoms with Crippen LogP contribution in [0, 0.1) is 0 Å². The van der Waals surface area contributed by atoms with E-state index in [9.17, 15) is 0 Å². The third-order valence-corrected chi connectivity index (χ3v) is 3.49. The summed E-state index contributed by atoms with van der Waals surface area (Å²) >= 11 is 3.52. The second-order valence-corrected chi connectivity index (χ2v) is 5.19. The summed E-state index contributed by atoms with van der Waals surface area (Å²) in [5.41, 5.74) is 2.46. The molecule has 0 saturated carbocycles. The van der Waals surface area contributed by atoms with Gasteiger partial charge in [0.2, 0.25) is 0 Å².